The molecule has 0 spiro atoms. The molecule has 0 aromatic carbocycles. The molecule has 0 aromatic heterocycles. The molecule has 1 amide bonds. The average Bonchev–Trinajstić information content (AvgIpc) is 2.56. The van der Waals surface area contributed by atoms with Crippen LogP contribution in [0.15, 0.2) is 0 Å². The molecular formula is C8H11F2NO. The van der Waals surface area contributed by atoms with E-state index in [4.69, 9.17) is 0 Å². The summed E-state index contributed by atoms with van der Waals surface area (Å²) >= 11 is 0. The van der Waals surface area contributed by atoms with Gasteiger partial charge >= 0.3 is 5.92 Å². The first-order chi connectivity index (χ1) is 5.48. The van der Waals surface area contributed by atoms with Crippen molar-refractivity contribution in [3.05, 3.63) is 0 Å². The van der Waals surface area contributed by atoms with E-state index in [1.165, 1.54) is 4.90 Å². The number of halogens is 2. The molecule has 2 fully saturated rings. The van der Waals surface area contributed by atoms with E-state index in [0.717, 1.165) is 6.42 Å². The van der Waals surface area contributed by atoms with Crippen LogP contribution in [-0.2, 0) is 4.79 Å². The van der Waals surface area contributed by atoms with Crippen LogP contribution in [0.2, 0.25) is 0 Å². The van der Waals surface area contributed by atoms with E-state index in [-0.39, 0.29) is 0 Å². The Morgan fingerprint density at radius 1 is 1.42 bits per heavy atom. The molecule has 4 heteroatoms. The molecule has 1 aliphatic carbocycles. The molecule has 1 aliphatic heterocycles. The Morgan fingerprint density at radius 2 is 1.92 bits per heavy atom. The third kappa shape index (κ3) is 1.19. The van der Waals surface area contributed by atoms with Gasteiger partial charge in [-0.05, 0) is 18.3 Å². The molecule has 1 heterocycles. The fourth-order valence-electron chi connectivity index (χ4n) is 1.84. The highest BCUT2D eigenvalue weighted by Crippen LogP contribution is 2.45. The van der Waals surface area contributed by atoms with Crippen molar-refractivity contribution in [1.29, 1.82) is 0 Å². The molecule has 0 N–H and O–H groups in total. The van der Waals surface area contributed by atoms with Gasteiger partial charge in [-0.3, -0.25) is 4.79 Å². The van der Waals surface area contributed by atoms with Crippen molar-refractivity contribution in [1.82, 2.24) is 4.90 Å². The second-order valence-corrected chi connectivity index (χ2v) is 3.85. The molecule has 0 radical (unpaired) electrons. The summed E-state index contributed by atoms with van der Waals surface area (Å²) in [6.45, 7) is 1.76. The lowest BCUT2D eigenvalue weighted by Crippen LogP contribution is -2.41. The standard InChI is InChI=1S/C8H11F2NO/c1-8(9,10)7(12)11-3-5-2-6(5)4-11/h5-6H,2-4H2,1H3. The number of carbonyl (C=O) groups excluding carboxylic acids is 1. The second-order valence-electron chi connectivity index (χ2n) is 3.85. The molecule has 1 saturated heterocycles. The van der Waals surface area contributed by atoms with Crippen LogP contribution in [0.5, 0.6) is 0 Å². The third-order valence-electron chi connectivity index (χ3n) is 2.64. The summed E-state index contributed by atoms with van der Waals surface area (Å²) in [4.78, 5) is 12.3. The third-order valence-corrected chi connectivity index (χ3v) is 2.64. The van der Waals surface area contributed by atoms with Gasteiger partial charge in [0.2, 0.25) is 0 Å². The number of alkyl halides is 2. The van der Waals surface area contributed by atoms with E-state index < -0.39 is 11.8 Å². The first-order valence-electron chi connectivity index (χ1n) is 4.15. The number of nitrogens with zero attached hydrogens (tertiary/aromatic N) is 1. The van der Waals surface area contributed by atoms with Gasteiger partial charge in [0.05, 0.1) is 0 Å². The molecule has 0 bridgehead atoms. The van der Waals surface area contributed by atoms with Crippen LogP contribution in [-0.4, -0.2) is 29.8 Å². The number of amides is 1. The molecule has 2 unspecified atom stereocenters. The number of hydrogen-bond donors (Lipinski definition) is 0. The van der Waals surface area contributed by atoms with Gasteiger partial charge < -0.3 is 4.90 Å². The number of likely N-dealkylation sites (tertiary alicyclic amines) is 1. The smallest absolute Gasteiger partial charge is 0.322 e. The lowest BCUT2D eigenvalue weighted by Gasteiger charge is -2.21. The van der Waals surface area contributed by atoms with Gasteiger partial charge in [0, 0.05) is 20.0 Å². The molecule has 0 aromatic rings. The Kier molecular flexibility index (Phi) is 1.44. The van der Waals surface area contributed by atoms with Crippen LogP contribution in [0, 0.1) is 11.8 Å². The van der Waals surface area contributed by atoms with Crippen LogP contribution in [0.1, 0.15) is 13.3 Å². The van der Waals surface area contributed by atoms with Crippen LogP contribution in [0.25, 0.3) is 0 Å². The summed E-state index contributed by atoms with van der Waals surface area (Å²) in [5.41, 5.74) is 0. The van der Waals surface area contributed by atoms with Gasteiger partial charge in [-0.25, -0.2) is 0 Å². The number of rotatable bonds is 1. The Bertz CT molecular complexity index is 214. The molecule has 1 saturated carbocycles. The predicted molar refractivity (Wildman–Crippen MR) is 38.8 cm³/mol. The zero-order chi connectivity index (χ0) is 8.93. The SMILES string of the molecule is CC(F)(F)C(=O)N1CC2CC2C1. The van der Waals surface area contributed by atoms with E-state index in [1.54, 1.807) is 0 Å². The zero-order valence-corrected chi connectivity index (χ0v) is 6.89. The fourth-order valence-corrected chi connectivity index (χ4v) is 1.84. The fraction of sp³-hybridized carbons (Fsp3) is 0.875. The first kappa shape index (κ1) is 7.95. The molecular weight excluding hydrogens is 164 g/mol. The molecule has 2 atom stereocenters. The van der Waals surface area contributed by atoms with Crippen LogP contribution in [0.4, 0.5) is 8.78 Å². The van der Waals surface area contributed by atoms with Crippen molar-refractivity contribution in [2.45, 2.75) is 19.3 Å². The summed E-state index contributed by atoms with van der Waals surface area (Å²) in [6, 6.07) is 0. The van der Waals surface area contributed by atoms with Crippen molar-refractivity contribution >= 4 is 5.91 Å². The minimum Gasteiger partial charge on any atom is -0.337 e. The van der Waals surface area contributed by atoms with Crippen LogP contribution < -0.4 is 0 Å². The lowest BCUT2D eigenvalue weighted by molar-refractivity contribution is -0.154. The maximum absolute atomic E-state index is 12.5. The predicted octanol–water partition coefficient (Wildman–Crippen LogP) is 1.12. The van der Waals surface area contributed by atoms with Gasteiger partial charge in [-0.1, -0.05) is 0 Å². The minimum absolute atomic E-state index is 0.524. The summed E-state index contributed by atoms with van der Waals surface area (Å²) in [6.07, 6.45) is 1.12. The van der Waals surface area contributed by atoms with Crippen LogP contribution in [0.3, 0.4) is 0 Å². The largest absolute Gasteiger partial charge is 0.337 e. The van der Waals surface area contributed by atoms with Crippen molar-refractivity contribution < 1.29 is 13.6 Å². The van der Waals surface area contributed by atoms with Gasteiger partial charge in [0.15, 0.2) is 0 Å². The van der Waals surface area contributed by atoms with Crippen molar-refractivity contribution in [3.8, 4) is 0 Å². The first-order valence-corrected chi connectivity index (χ1v) is 4.15. The van der Waals surface area contributed by atoms with Crippen molar-refractivity contribution in [2.75, 3.05) is 13.1 Å². The highest BCUT2D eigenvalue weighted by atomic mass is 19.3. The second kappa shape index (κ2) is 2.18. The topological polar surface area (TPSA) is 20.3 Å². The molecule has 2 aliphatic rings. The highest BCUT2D eigenvalue weighted by molar-refractivity contribution is 5.83. The van der Waals surface area contributed by atoms with Crippen LogP contribution >= 0.6 is 0 Å². The number of piperidine rings is 1. The summed E-state index contributed by atoms with van der Waals surface area (Å²) in [5, 5.41) is 0. The lowest BCUT2D eigenvalue weighted by atomic mass is 10.3. The van der Waals surface area contributed by atoms with E-state index >= 15 is 0 Å². The molecule has 12 heavy (non-hydrogen) atoms. The number of carbonyl (C=O) groups is 1. The Labute approximate surface area is 69.5 Å². The highest BCUT2D eigenvalue weighted by Gasteiger charge is 2.50. The van der Waals surface area contributed by atoms with E-state index in [2.05, 4.69) is 0 Å². The molecule has 2 nitrogen and oxygen atoms in total. The van der Waals surface area contributed by atoms with Gasteiger partial charge in [0.1, 0.15) is 0 Å². The normalized spacial score (nSPS) is 33.4. The average molecular weight is 175 g/mol. The Hall–Kier alpha value is -0.670. The van der Waals surface area contributed by atoms with Gasteiger partial charge in [-0.15, -0.1) is 0 Å². The van der Waals surface area contributed by atoms with E-state index in [9.17, 15) is 13.6 Å². The van der Waals surface area contributed by atoms with Crippen molar-refractivity contribution in [3.63, 3.8) is 0 Å². The summed E-state index contributed by atoms with van der Waals surface area (Å²) in [7, 11) is 0. The summed E-state index contributed by atoms with van der Waals surface area (Å²) < 4.78 is 25.0. The Balaban J connectivity index is 1.97. The van der Waals surface area contributed by atoms with Crippen molar-refractivity contribution in [2.24, 2.45) is 11.8 Å². The summed E-state index contributed by atoms with van der Waals surface area (Å²) in [5.74, 6) is -3.14. The monoisotopic (exact) mass is 175 g/mol. The molecule has 68 valence electrons. The zero-order valence-electron chi connectivity index (χ0n) is 6.89. The number of fused-ring (bicyclic) bond motifs is 1. The minimum atomic E-state index is -3.18. The van der Waals surface area contributed by atoms with Gasteiger partial charge in [0.25, 0.3) is 5.91 Å². The maximum atomic E-state index is 12.5. The van der Waals surface area contributed by atoms with E-state index in [0.29, 0.717) is 31.8 Å². The Morgan fingerprint density at radius 3 is 2.33 bits per heavy atom. The maximum Gasteiger partial charge on any atom is 0.322 e. The van der Waals surface area contributed by atoms with Gasteiger partial charge in [-0.2, -0.15) is 8.78 Å². The quantitative estimate of drug-likeness (QED) is 0.584. The number of hydrogen-bond acceptors (Lipinski definition) is 1. The van der Waals surface area contributed by atoms with E-state index in [1.807, 2.05) is 0 Å². The molecule has 2 rings (SSSR count).